The van der Waals surface area contributed by atoms with Gasteiger partial charge >= 0.3 is 0 Å². The van der Waals surface area contributed by atoms with Crippen molar-refractivity contribution in [1.82, 2.24) is 31.1 Å². The van der Waals surface area contributed by atoms with Crippen LogP contribution in [0.1, 0.15) is 34.8 Å². The number of carbonyl (C=O) groups is 1. The molecule has 1 fully saturated rings. The number of hydrogen-bond acceptors (Lipinski definition) is 6. The lowest BCUT2D eigenvalue weighted by Gasteiger charge is -2.19. The third kappa shape index (κ3) is 5.01. The molecule has 1 amide bonds. The number of carbonyl (C=O) groups excluding carboxylic acids is 1. The summed E-state index contributed by atoms with van der Waals surface area (Å²) in [5.74, 6) is 0.343. The van der Waals surface area contributed by atoms with Gasteiger partial charge in [-0.15, -0.1) is 10.2 Å². The van der Waals surface area contributed by atoms with Crippen molar-refractivity contribution in [3.05, 3.63) is 89.5 Å². The number of hydrazine groups is 1. The number of amidine groups is 1. The second-order valence-electron chi connectivity index (χ2n) is 8.22. The van der Waals surface area contributed by atoms with Gasteiger partial charge in [-0.25, -0.2) is 5.43 Å². The molecule has 9 heteroatoms. The van der Waals surface area contributed by atoms with Crippen molar-refractivity contribution in [3.8, 4) is 22.5 Å². The first kappa shape index (κ1) is 22.9. The Morgan fingerprint density at radius 1 is 1.03 bits per heavy atom. The molecule has 0 saturated carbocycles. The number of H-pyrrole nitrogens is 1. The van der Waals surface area contributed by atoms with E-state index in [2.05, 4.69) is 62.2 Å². The van der Waals surface area contributed by atoms with E-state index in [4.69, 9.17) is 0 Å². The summed E-state index contributed by atoms with van der Waals surface area (Å²) in [6.07, 6.45) is 0.921. The summed E-state index contributed by atoms with van der Waals surface area (Å²) in [5, 5.41) is 17.3. The van der Waals surface area contributed by atoms with Crippen LogP contribution in [0.4, 0.5) is 0 Å². The summed E-state index contributed by atoms with van der Waals surface area (Å²) in [4.78, 5) is 17.3. The first-order valence-electron chi connectivity index (χ1n) is 11.4. The first-order chi connectivity index (χ1) is 17.1. The number of amides is 1. The fourth-order valence-electron chi connectivity index (χ4n) is 3.96. The second-order valence-corrected chi connectivity index (χ2v) is 9.39. The third-order valence-corrected chi connectivity index (χ3v) is 7.09. The van der Waals surface area contributed by atoms with Gasteiger partial charge in [0.1, 0.15) is 0 Å². The molecule has 1 aliphatic heterocycles. The van der Waals surface area contributed by atoms with E-state index in [1.807, 2.05) is 60.5 Å². The molecule has 176 valence electrons. The van der Waals surface area contributed by atoms with Gasteiger partial charge in [-0.05, 0) is 46.9 Å². The van der Waals surface area contributed by atoms with Gasteiger partial charge in [0.2, 0.25) is 5.82 Å². The average Bonchev–Trinajstić information content (AvgIpc) is 3.55. The number of tetrazole rings is 1. The highest BCUT2D eigenvalue weighted by atomic mass is 32.2. The topological polar surface area (TPSA) is 99.2 Å². The van der Waals surface area contributed by atoms with Gasteiger partial charge in [0.15, 0.2) is 5.17 Å². The SMILES string of the molecule is CCC1NN(Cc2ccc(-c3ccccc3-c3nn[nH]n3)cc2)C(=NC(=O)c2ccccc2C)S1. The molecule has 1 atom stereocenters. The molecular formula is C26H25N7OS. The van der Waals surface area contributed by atoms with E-state index in [-0.39, 0.29) is 11.3 Å². The Labute approximate surface area is 207 Å². The molecule has 0 radical (unpaired) electrons. The molecule has 3 aromatic carbocycles. The van der Waals surface area contributed by atoms with Gasteiger partial charge < -0.3 is 0 Å². The smallest absolute Gasteiger partial charge is 0.279 e. The molecular weight excluding hydrogens is 458 g/mol. The summed E-state index contributed by atoms with van der Waals surface area (Å²) in [5.41, 5.74) is 9.14. The van der Waals surface area contributed by atoms with Crippen molar-refractivity contribution in [2.24, 2.45) is 4.99 Å². The minimum absolute atomic E-state index is 0.180. The lowest BCUT2D eigenvalue weighted by molar-refractivity contribution is 0.100. The Balaban J connectivity index is 1.37. The lowest BCUT2D eigenvalue weighted by atomic mass is 9.98. The van der Waals surface area contributed by atoms with Crippen molar-refractivity contribution < 1.29 is 4.79 Å². The zero-order chi connectivity index (χ0) is 24.2. The molecule has 2 heterocycles. The minimum atomic E-state index is -0.220. The Bertz CT molecular complexity index is 1350. The molecule has 0 aliphatic carbocycles. The zero-order valence-corrected chi connectivity index (χ0v) is 20.3. The molecule has 5 rings (SSSR count). The van der Waals surface area contributed by atoms with E-state index < -0.39 is 0 Å². The summed E-state index contributed by atoms with van der Waals surface area (Å²) < 4.78 is 0. The van der Waals surface area contributed by atoms with Crippen LogP contribution in [-0.2, 0) is 6.54 Å². The number of hydrogen-bond donors (Lipinski definition) is 2. The average molecular weight is 484 g/mol. The van der Waals surface area contributed by atoms with Crippen LogP contribution in [0.25, 0.3) is 22.5 Å². The fourth-order valence-corrected chi connectivity index (χ4v) is 4.94. The van der Waals surface area contributed by atoms with Crippen LogP contribution in [0.2, 0.25) is 0 Å². The monoisotopic (exact) mass is 483 g/mol. The van der Waals surface area contributed by atoms with E-state index >= 15 is 0 Å². The highest BCUT2D eigenvalue weighted by Gasteiger charge is 2.28. The largest absolute Gasteiger partial charge is 0.281 e. The van der Waals surface area contributed by atoms with E-state index in [0.29, 0.717) is 23.1 Å². The van der Waals surface area contributed by atoms with Crippen LogP contribution >= 0.6 is 11.8 Å². The molecule has 1 saturated heterocycles. The lowest BCUT2D eigenvalue weighted by Crippen LogP contribution is -2.37. The number of nitrogens with one attached hydrogen (secondary N) is 2. The van der Waals surface area contributed by atoms with Crippen LogP contribution in [0.3, 0.4) is 0 Å². The number of rotatable bonds is 6. The van der Waals surface area contributed by atoms with Gasteiger partial charge in [0.25, 0.3) is 5.91 Å². The van der Waals surface area contributed by atoms with Crippen LogP contribution < -0.4 is 5.43 Å². The summed E-state index contributed by atoms with van der Waals surface area (Å²) in [6.45, 7) is 4.64. The first-order valence-corrected chi connectivity index (χ1v) is 12.3. The van der Waals surface area contributed by atoms with Gasteiger partial charge in [0.05, 0.1) is 11.9 Å². The fraction of sp³-hybridized carbons (Fsp3) is 0.192. The zero-order valence-electron chi connectivity index (χ0n) is 19.5. The Morgan fingerprint density at radius 2 is 1.77 bits per heavy atom. The number of nitrogens with zero attached hydrogens (tertiary/aromatic N) is 5. The summed E-state index contributed by atoms with van der Waals surface area (Å²) in [7, 11) is 0. The predicted molar refractivity (Wildman–Crippen MR) is 138 cm³/mol. The highest BCUT2D eigenvalue weighted by molar-refractivity contribution is 8.14. The van der Waals surface area contributed by atoms with Crippen LogP contribution in [-0.4, -0.2) is 42.1 Å². The number of aromatic amines is 1. The standard InChI is InChI=1S/C26H25N7OS/c1-3-23-30-33(26(35-23)27-25(34)20-9-5-4-8-17(20)2)16-18-12-14-19(15-13-18)21-10-6-7-11-22(21)24-28-31-32-29-24/h4-15,23,30H,3,16H2,1-2H3,(H,28,29,31,32). The van der Waals surface area contributed by atoms with Crippen molar-refractivity contribution in [2.75, 3.05) is 0 Å². The maximum atomic E-state index is 12.9. The normalized spacial score (nSPS) is 16.7. The quantitative estimate of drug-likeness (QED) is 0.405. The number of aryl methyl sites for hydroxylation is 1. The molecule has 0 bridgehead atoms. The van der Waals surface area contributed by atoms with Crippen molar-refractivity contribution in [1.29, 1.82) is 0 Å². The van der Waals surface area contributed by atoms with Crippen LogP contribution in [0.5, 0.6) is 0 Å². The van der Waals surface area contributed by atoms with Crippen molar-refractivity contribution in [2.45, 2.75) is 32.2 Å². The summed E-state index contributed by atoms with van der Waals surface area (Å²) in [6, 6.07) is 23.9. The van der Waals surface area contributed by atoms with Gasteiger partial charge in [0, 0.05) is 11.1 Å². The Morgan fingerprint density at radius 3 is 2.49 bits per heavy atom. The number of aromatic nitrogens is 4. The van der Waals surface area contributed by atoms with Gasteiger partial charge in [-0.3, -0.25) is 9.80 Å². The molecule has 35 heavy (non-hydrogen) atoms. The van der Waals surface area contributed by atoms with Crippen LogP contribution in [0.15, 0.2) is 77.8 Å². The molecule has 8 nitrogen and oxygen atoms in total. The highest BCUT2D eigenvalue weighted by Crippen LogP contribution is 2.31. The maximum absolute atomic E-state index is 12.9. The molecule has 1 aliphatic rings. The molecule has 1 unspecified atom stereocenters. The Kier molecular flexibility index (Phi) is 6.69. The van der Waals surface area contributed by atoms with E-state index in [0.717, 1.165) is 34.2 Å². The number of thioether (sulfide) groups is 1. The molecule has 2 N–H and O–H groups in total. The summed E-state index contributed by atoms with van der Waals surface area (Å²) >= 11 is 1.59. The van der Waals surface area contributed by atoms with Gasteiger partial charge in [-0.1, -0.05) is 85.4 Å². The third-order valence-electron chi connectivity index (χ3n) is 5.84. The number of aliphatic imine (C=N–C) groups is 1. The Hall–Kier alpha value is -3.82. The molecule has 1 aromatic heterocycles. The number of benzene rings is 3. The van der Waals surface area contributed by atoms with E-state index in [9.17, 15) is 4.79 Å². The maximum Gasteiger partial charge on any atom is 0.279 e. The van der Waals surface area contributed by atoms with Crippen molar-refractivity contribution in [3.63, 3.8) is 0 Å². The molecule has 0 spiro atoms. The van der Waals surface area contributed by atoms with Crippen molar-refractivity contribution >= 4 is 22.8 Å². The minimum Gasteiger partial charge on any atom is -0.281 e. The van der Waals surface area contributed by atoms with E-state index in [1.54, 1.807) is 11.8 Å². The van der Waals surface area contributed by atoms with E-state index in [1.165, 1.54) is 0 Å². The second kappa shape index (κ2) is 10.2. The molecule has 4 aromatic rings. The predicted octanol–water partition coefficient (Wildman–Crippen LogP) is 4.83. The van der Waals surface area contributed by atoms with Gasteiger partial charge in [-0.2, -0.15) is 10.2 Å². The van der Waals surface area contributed by atoms with Crippen LogP contribution in [0, 0.1) is 6.92 Å².